The van der Waals surface area contributed by atoms with E-state index < -0.39 is 0 Å². The second kappa shape index (κ2) is 9.41. The fraction of sp³-hybridized carbons (Fsp3) is 0.722. The molecule has 1 aliphatic heterocycles. The molecule has 7 nitrogen and oxygen atoms in total. The zero-order chi connectivity index (χ0) is 18.4. The number of ether oxygens (including phenoxy) is 1. The Morgan fingerprint density at radius 2 is 2.19 bits per heavy atom. The van der Waals surface area contributed by atoms with Crippen LogP contribution in [0.15, 0.2) is 12.4 Å². The minimum atomic E-state index is -0.147. The van der Waals surface area contributed by atoms with Gasteiger partial charge in [0.05, 0.1) is 23.9 Å². The van der Waals surface area contributed by atoms with Crippen LogP contribution in [-0.4, -0.2) is 70.3 Å². The summed E-state index contributed by atoms with van der Waals surface area (Å²) >= 11 is 1.91. The van der Waals surface area contributed by atoms with Crippen LogP contribution in [-0.2, 0) is 9.53 Å². The van der Waals surface area contributed by atoms with Gasteiger partial charge in [0.2, 0.25) is 5.91 Å². The maximum absolute atomic E-state index is 12.8. The van der Waals surface area contributed by atoms with Crippen LogP contribution in [0.1, 0.15) is 43.0 Å². The molecule has 0 unspecified atom stereocenters. The van der Waals surface area contributed by atoms with Crippen molar-refractivity contribution in [3.63, 3.8) is 0 Å². The van der Waals surface area contributed by atoms with Crippen molar-refractivity contribution in [3.05, 3.63) is 18.0 Å². The predicted octanol–water partition coefficient (Wildman–Crippen LogP) is 1.68. The highest BCUT2D eigenvalue weighted by atomic mass is 32.2. The first-order valence-corrected chi connectivity index (χ1v) is 10.6. The van der Waals surface area contributed by atoms with Gasteiger partial charge in [0, 0.05) is 43.3 Å². The molecule has 26 heavy (non-hydrogen) atoms. The van der Waals surface area contributed by atoms with E-state index >= 15 is 0 Å². The topological polar surface area (TPSA) is 87.3 Å². The van der Waals surface area contributed by atoms with E-state index in [2.05, 4.69) is 22.4 Å². The van der Waals surface area contributed by atoms with Gasteiger partial charge in [0.25, 0.3) is 5.91 Å². The van der Waals surface area contributed by atoms with Crippen LogP contribution in [0.3, 0.4) is 0 Å². The van der Waals surface area contributed by atoms with Gasteiger partial charge in [-0.15, -0.1) is 0 Å². The third-order valence-electron chi connectivity index (χ3n) is 5.08. The third kappa shape index (κ3) is 4.79. The molecule has 3 rings (SSSR count). The summed E-state index contributed by atoms with van der Waals surface area (Å²) in [7, 11) is 0. The largest absolute Gasteiger partial charge is 0.376 e. The zero-order valence-electron chi connectivity index (χ0n) is 15.3. The summed E-state index contributed by atoms with van der Waals surface area (Å²) in [4.78, 5) is 27.2. The highest BCUT2D eigenvalue weighted by Crippen LogP contribution is 2.29. The molecule has 0 spiro atoms. The predicted molar refractivity (Wildman–Crippen MR) is 101 cm³/mol. The van der Waals surface area contributed by atoms with Crippen molar-refractivity contribution in [2.75, 3.05) is 31.2 Å². The lowest BCUT2D eigenvalue weighted by Gasteiger charge is -2.38. The van der Waals surface area contributed by atoms with Crippen molar-refractivity contribution < 1.29 is 14.3 Å². The van der Waals surface area contributed by atoms with Crippen LogP contribution < -0.4 is 5.32 Å². The van der Waals surface area contributed by atoms with Gasteiger partial charge < -0.3 is 15.0 Å². The SMILES string of the molecule is CCCO[C@H]1C[C@@H](C(=O)N2CCSCC2)CC[C@@H]1NC(=O)c1cn[nH]c1. The van der Waals surface area contributed by atoms with Crippen LogP contribution in [0, 0.1) is 5.92 Å². The molecule has 1 saturated carbocycles. The second-order valence-corrected chi connectivity index (χ2v) is 8.15. The van der Waals surface area contributed by atoms with Gasteiger partial charge >= 0.3 is 0 Å². The smallest absolute Gasteiger partial charge is 0.254 e. The Bertz CT molecular complexity index is 589. The highest BCUT2D eigenvalue weighted by Gasteiger charge is 2.37. The first kappa shape index (κ1) is 19.2. The van der Waals surface area contributed by atoms with Crippen molar-refractivity contribution >= 4 is 23.6 Å². The molecule has 2 fully saturated rings. The fourth-order valence-electron chi connectivity index (χ4n) is 3.64. The Morgan fingerprint density at radius 1 is 1.38 bits per heavy atom. The van der Waals surface area contributed by atoms with Crippen molar-refractivity contribution in [1.29, 1.82) is 0 Å². The number of nitrogens with one attached hydrogen (secondary N) is 2. The highest BCUT2D eigenvalue weighted by molar-refractivity contribution is 7.99. The van der Waals surface area contributed by atoms with Gasteiger partial charge in [-0.1, -0.05) is 6.92 Å². The van der Waals surface area contributed by atoms with Crippen molar-refractivity contribution in [2.45, 2.75) is 44.8 Å². The minimum Gasteiger partial charge on any atom is -0.376 e. The number of carbonyl (C=O) groups excluding carboxylic acids is 2. The van der Waals surface area contributed by atoms with E-state index in [-0.39, 0.29) is 29.9 Å². The number of H-pyrrole nitrogens is 1. The minimum absolute atomic E-state index is 0.00188. The Morgan fingerprint density at radius 3 is 2.88 bits per heavy atom. The number of carbonyl (C=O) groups is 2. The Hall–Kier alpha value is -1.54. The maximum atomic E-state index is 12.8. The molecule has 3 atom stereocenters. The standard InChI is InChI=1S/C18H28N4O3S/c1-2-7-25-16-10-13(18(24)22-5-8-26-9-6-22)3-4-15(16)21-17(23)14-11-19-20-12-14/h11-13,15-16H,2-10H2,1H3,(H,19,20)(H,21,23)/t13-,15-,16-/m0/s1. The molecule has 1 saturated heterocycles. The first-order valence-electron chi connectivity index (χ1n) is 9.46. The maximum Gasteiger partial charge on any atom is 0.254 e. The quantitative estimate of drug-likeness (QED) is 0.784. The summed E-state index contributed by atoms with van der Waals surface area (Å²) < 4.78 is 6.02. The molecule has 1 aromatic heterocycles. The monoisotopic (exact) mass is 380 g/mol. The van der Waals surface area contributed by atoms with Crippen molar-refractivity contribution in [1.82, 2.24) is 20.4 Å². The first-order chi connectivity index (χ1) is 12.7. The molecular weight excluding hydrogens is 352 g/mol. The molecule has 2 heterocycles. The molecule has 8 heteroatoms. The lowest BCUT2D eigenvalue weighted by atomic mass is 9.82. The van der Waals surface area contributed by atoms with Gasteiger partial charge in [-0.3, -0.25) is 14.7 Å². The Labute approximate surface area is 158 Å². The number of nitrogens with zero attached hydrogens (tertiary/aromatic N) is 2. The number of aromatic nitrogens is 2. The molecule has 0 bridgehead atoms. The summed E-state index contributed by atoms with van der Waals surface area (Å²) in [5, 5.41) is 9.55. The zero-order valence-corrected chi connectivity index (χ0v) is 16.1. The third-order valence-corrected chi connectivity index (χ3v) is 6.02. The van der Waals surface area contributed by atoms with Crippen LogP contribution in [0.5, 0.6) is 0 Å². The lowest BCUT2D eigenvalue weighted by molar-refractivity contribution is -0.138. The van der Waals surface area contributed by atoms with Crippen LogP contribution in [0.25, 0.3) is 0 Å². The van der Waals surface area contributed by atoms with Gasteiger partial charge in [-0.25, -0.2) is 0 Å². The van der Waals surface area contributed by atoms with Gasteiger partial charge in [-0.2, -0.15) is 16.9 Å². The van der Waals surface area contributed by atoms with E-state index in [1.54, 1.807) is 6.20 Å². The van der Waals surface area contributed by atoms with Crippen LogP contribution in [0.4, 0.5) is 0 Å². The summed E-state index contributed by atoms with van der Waals surface area (Å²) in [6.45, 7) is 4.40. The van der Waals surface area contributed by atoms with Crippen molar-refractivity contribution in [3.8, 4) is 0 Å². The fourth-order valence-corrected chi connectivity index (χ4v) is 4.54. The normalized spacial score (nSPS) is 26.5. The van der Waals surface area contributed by atoms with E-state index in [1.165, 1.54) is 6.20 Å². The summed E-state index contributed by atoms with van der Waals surface area (Å²) in [6, 6.07) is -0.0649. The Balaban J connectivity index is 1.60. The van der Waals surface area contributed by atoms with E-state index in [1.807, 2.05) is 16.7 Å². The van der Waals surface area contributed by atoms with Gasteiger partial charge in [0.1, 0.15) is 0 Å². The van der Waals surface area contributed by atoms with Gasteiger partial charge in [-0.05, 0) is 25.7 Å². The number of amides is 2. The molecule has 1 aromatic rings. The average Bonchev–Trinajstić information content (AvgIpc) is 3.22. The van der Waals surface area contributed by atoms with E-state index in [9.17, 15) is 9.59 Å². The second-order valence-electron chi connectivity index (χ2n) is 6.92. The molecule has 2 N–H and O–H groups in total. The van der Waals surface area contributed by atoms with Crippen LogP contribution >= 0.6 is 11.8 Å². The molecular formula is C18H28N4O3S. The number of aromatic amines is 1. The number of hydrogen-bond donors (Lipinski definition) is 2. The summed E-state index contributed by atoms with van der Waals surface area (Å²) in [6.07, 6.45) is 6.14. The number of thioether (sulfide) groups is 1. The molecule has 144 valence electrons. The number of rotatable bonds is 6. The molecule has 0 radical (unpaired) electrons. The Kier molecular flexibility index (Phi) is 6.96. The summed E-state index contributed by atoms with van der Waals surface area (Å²) in [5.74, 6) is 2.17. The average molecular weight is 381 g/mol. The van der Waals surface area contributed by atoms with E-state index in [4.69, 9.17) is 4.74 Å². The number of hydrogen-bond acceptors (Lipinski definition) is 5. The molecule has 2 aliphatic rings. The molecule has 0 aromatic carbocycles. The lowest BCUT2D eigenvalue weighted by Crippen LogP contribution is -2.51. The van der Waals surface area contributed by atoms with E-state index in [0.29, 0.717) is 18.6 Å². The summed E-state index contributed by atoms with van der Waals surface area (Å²) in [5.41, 5.74) is 0.517. The van der Waals surface area contributed by atoms with Crippen molar-refractivity contribution in [2.24, 2.45) is 5.92 Å². The van der Waals surface area contributed by atoms with Gasteiger partial charge in [0.15, 0.2) is 0 Å². The molecule has 2 amide bonds. The van der Waals surface area contributed by atoms with E-state index in [0.717, 1.165) is 43.9 Å². The van der Waals surface area contributed by atoms with Crippen LogP contribution in [0.2, 0.25) is 0 Å². The molecule has 1 aliphatic carbocycles.